The lowest BCUT2D eigenvalue weighted by Crippen LogP contribution is -2.44. The van der Waals surface area contributed by atoms with Gasteiger partial charge < -0.3 is 15.4 Å². The average Bonchev–Trinajstić information content (AvgIpc) is 3.34. The minimum Gasteiger partial charge on any atom is -0.386 e. The van der Waals surface area contributed by atoms with Crippen molar-refractivity contribution in [3.8, 4) is 0 Å². The maximum atomic E-state index is 10.9. The molecule has 1 aliphatic carbocycles. The van der Waals surface area contributed by atoms with Gasteiger partial charge in [0.1, 0.15) is 0 Å². The van der Waals surface area contributed by atoms with E-state index in [4.69, 9.17) is 5.73 Å². The Morgan fingerprint density at radius 1 is 1.00 bits per heavy atom. The third-order valence-corrected chi connectivity index (χ3v) is 4.80. The molecule has 1 unspecified atom stereocenters. The standard InChI is InChI=1S/C18H20N2O/c19-11-18(21,13-9-10-13)12-20-16-7-3-1-5-14(16)15-6-2-4-8-17(15)20/h1-8,13,21H,9-12,19H2. The summed E-state index contributed by atoms with van der Waals surface area (Å²) in [6.45, 7) is 0.890. The quantitative estimate of drug-likeness (QED) is 0.772. The molecular weight excluding hydrogens is 260 g/mol. The summed E-state index contributed by atoms with van der Waals surface area (Å²) < 4.78 is 2.23. The number of rotatable bonds is 4. The maximum absolute atomic E-state index is 10.9. The maximum Gasteiger partial charge on any atom is 0.0975 e. The smallest absolute Gasteiger partial charge is 0.0975 e. The number of hydrogen-bond donors (Lipinski definition) is 2. The van der Waals surface area contributed by atoms with Crippen molar-refractivity contribution in [1.29, 1.82) is 0 Å². The van der Waals surface area contributed by atoms with Crippen LogP contribution < -0.4 is 5.73 Å². The van der Waals surface area contributed by atoms with E-state index >= 15 is 0 Å². The summed E-state index contributed by atoms with van der Waals surface area (Å²) in [5.41, 5.74) is 7.45. The monoisotopic (exact) mass is 280 g/mol. The van der Waals surface area contributed by atoms with Crippen LogP contribution in [0, 0.1) is 5.92 Å². The molecule has 1 aromatic heterocycles. The second kappa shape index (κ2) is 4.58. The summed E-state index contributed by atoms with van der Waals surface area (Å²) >= 11 is 0. The van der Waals surface area contributed by atoms with Crippen molar-refractivity contribution >= 4 is 21.8 Å². The first-order chi connectivity index (χ1) is 10.2. The highest BCUT2D eigenvalue weighted by Gasteiger charge is 2.43. The first-order valence-electron chi connectivity index (χ1n) is 7.61. The Labute approximate surface area is 124 Å². The summed E-state index contributed by atoms with van der Waals surface area (Å²) in [5.74, 6) is 0.349. The van der Waals surface area contributed by atoms with Crippen LogP contribution in [-0.2, 0) is 6.54 Å². The van der Waals surface area contributed by atoms with E-state index < -0.39 is 5.60 Å². The van der Waals surface area contributed by atoms with Gasteiger partial charge in [-0.15, -0.1) is 0 Å². The van der Waals surface area contributed by atoms with E-state index in [0.717, 1.165) is 12.8 Å². The molecule has 0 spiro atoms. The van der Waals surface area contributed by atoms with E-state index in [9.17, 15) is 5.11 Å². The normalized spacial score (nSPS) is 18.2. The van der Waals surface area contributed by atoms with Gasteiger partial charge in [-0.1, -0.05) is 36.4 Å². The number of nitrogens with zero attached hydrogens (tertiary/aromatic N) is 1. The van der Waals surface area contributed by atoms with Crippen LogP contribution in [0.4, 0.5) is 0 Å². The molecule has 2 aromatic carbocycles. The number of aliphatic hydroxyl groups is 1. The zero-order valence-electron chi connectivity index (χ0n) is 12.0. The Balaban J connectivity index is 1.93. The van der Waals surface area contributed by atoms with Crippen LogP contribution in [0.25, 0.3) is 21.8 Å². The average molecular weight is 280 g/mol. The van der Waals surface area contributed by atoms with Gasteiger partial charge >= 0.3 is 0 Å². The molecule has 3 nitrogen and oxygen atoms in total. The van der Waals surface area contributed by atoms with Crippen molar-refractivity contribution in [2.75, 3.05) is 6.54 Å². The fourth-order valence-corrected chi connectivity index (χ4v) is 3.43. The topological polar surface area (TPSA) is 51.2 Å². The Bertz CT molecular complexity index is 750. The van der Waals surface area contributed by atoms with Gasteiger partial charge in [0.15, 0.2) is 0 Å². The number of hydrogen-bond acceptors (Lipinski definition) is 2. The molecule has 1 atom stereocenters. The van der Waals surface area contributed by atoms with Crippen LogP contribution in [0.15, 0.2) is 48.5 Å². The van der Waals surface area contributed by atoms with E-state index in [1.165, 1.54) is 21.8 Å². The summed E-state index contributed by atoms with van der Waals surface area (Å²) in [6, 6.07) is 16.8. The van der Waals surface area contributed by atoms with Crippen molar-refractivity contribution in [1.82, 2.24) is 4.57 Å². The molecule has 0 radical (unpaired) electrons. The Kier molecular flexibility index (Phi) is 2.81. The first-order valence-corrected chi connectivity index (χ1v) is 7.61. The zero-order valence-corrected chi connectivity index (χ0v) is 12.0. The predicted octanol–water partition coefficient (Wildman–Crippen LogP) is 2.89. The lowest BCUT2D eigenvalue weighted by Gasteiger charge is -2.28. The summed E-state index contributed by atoms with van der Waals surface area (Å²) in [7, 11) is 0. The second-order valence-corrected chi connectivity index (χ2v) is 6.20. The van der Waals surface area contributed by atoms with Gasteiger partial charge in [0, 0.05) is 28.4 Å². The molecule has 1 heterocycles. The molecule has 108 valence electrons. The molecule has 3 heteroatoms. The van der Waals surface area contributed by atoms with Crippen molar-refractivity contribution in [3.63, 3.8) is 0 Å². The number of aromatic nitrogens is 1. The molecule has 1 aliphatic rings. The largest absolute Gasteiger partial charge is 0.386 e. The Hall–Kier alpha value is -1.84. The molecule has 1 fully saturated rings. The van der Waals surface area contributed by atoms with Crippen LogP contribution in [-0.4, -0.2) is 21.8 Å². The number of fused-ring (bicyclic) bond motifs is 3. The van der Waals surface area contributed by atoms with Gasteiger partial charge in [-0.05, 0) is 30.9 Å². The Morgan fingerprint density at radius 3 is 2.00 bits per heavy atom. The highest BCUT2D eigenvalue weighted by Crippen LogP contribution is 2.41. The predicted molar refractivity (Wildman–Crippen MR) is 86.2 cm³/mol. The SMILES string of the molecule is NCC(O)(Cn1c2ccccc2c2ccccc21)C1CC1. The van der Waals surface area contributed by atoms with Gasteiger partial charge in [-0.2, -0.15) is 0 Å². The van der Waals surface area contributed by atoms with Gasteiger partial charge in [0.25, 0.3) is 0 Å². The zero-order chi connectivity index (χ0) is 14.4. The van der Waals surface area contributed by atoms with Gasteiger partial charge in [-0.3, -0.25) is 0 Å². The van der Waals surface area contributed by atoms with E-state index in [1.807, 2.05) is 0 Å². The van der Waals surface area contributed by atoms with Crippen molar-refractivity contribution in [2.24, 2.45) is 11.7 Å². The number of para-hydroxylation sites is 2. The fourth-order valence-electron chi connectivity index (χ4n) is 3.43. The molecule has 4 rings (SSSR count). The van der Waals surface area contributed by atoms with E-state index in [1.54, 1.807) is 0 Å². The van der Waals surface area contributed by atoms with Crippen LogP contribution in [0.1, 0.15) is 12.8 Å². The van der Waals surface area contributed by atoms with Crippen molar-refractivity contribution < 1.29 is 5.11 Å². The minimum atomic E-state index is -0.787. The first kappa shape index (κ1) is 12.9. The minimum absolute atomic E-state index is 0.318. The molecule has 0 saturated heterocycles. The van der Waals surface area contributed by atoms with Gasteiger partial charge in [-0.25, -0.2) is 0 Å². The van der Waals surface area contributed by atoms with Crippen LogP contribution in [0.3, 0.4) is 0 Å². The molecule has 0 bridgehead atoms. The van der Waals surface area contributed by atoms with Gasteiger partial charge in [0.2, 0.25) is 0 Å². The third kappa shape index (κ3) is 1.96. The second-order valence-electron chi connectivity index (χ2n) is 6.20. The van der Waals surface area contributed by atoms with E-state index in [-0.39, 0.29) is 0 Å². The van der Waals surface area contributed by atoms with Crippen LogP contribution >= 0.6 is 0 Å². The van der Waals surface area contributed by atoms with Crippen LogP contribution in [0.5, 0.6) is 0 Å². The molecular formula is C18H20N2O. The number of nitrogens with two attached hydrogens (primary N) is 1. The molecule has 0 amide bonds. The molecule has 1 saturated carbocycles. The van der Waals surface area contributed by atoms with Crippen LogP contribution in [0.2, 0.25) is 0 Å². The molecule has 3 aromatic rings. The lowest BCUT2D eigenvalue weighted by atomic mass is 9.98. The molecule has 21 heavy (non-hydrogen) atoms. The highest BCUT2D eigenvalue weighted by molar-refractivity contribution is 6.07. The van der Waals surface area contributed by atoms with Gasteiger partial charge in [0.05, 0.1) is 12.1 Å². The lowest BCUT2D eigenvalue weighted by molar-refractivity contribution is 0.0115. The summed E-state index contributed by atoms with van der Waals surface area (Å²) in [4.78, 5) is 0. The number of benzene rings is 2. The highest BCUT2D eigenvalue weighted by atomic mass is 16.3. The summed E-state index contributed by atoms with van der Waals surface area (Å²) in [6.07, 6.45) is 2.18. The van der Waals surface area contributed by atoms with Crippen molar-refractivity contribution in [3.05, 3.63) is 48.5 Å². The van der Waals surface area contributed by atoms with E-state index in [2.05, 4.69) is 53.1 Å². The fraction of sp³-hybridized carbons (Fsp3) is 0.333. The Morgan fingerprint density at radius 2 is 1.52 bits per heavy atom. The third-order valence-electron chi connectivity index (χ3n) is 4.80. The summed E-state index contributed by atoms with van der Waals surface area (Å²) in [5, 5.41) is 13.4. The van der Waals surface area contributed by atoms with Crippen molar-refractivity contribution in [2.45, 2.75) is 25.0 Å². The molecule has 3 N–H and O–H groups in total. The van der Waals surface area contributed by atoms with E-state index in [0.29, 0.717) is 19.0 Å². The molecule has 0 aliphatic heterocycles.